The second-order valence-corrected chi connectivity index (χ2v) is 9.70. The molecule has 220 valence electrons. The van der Waals surface area contributed by atoms with E-state index in [9.17, 15) is 48.9 Å². The van der Waals surface area contributed by atoms with Crippen molar-refractivity contribution < 1.29 is 71.4 Å². The van der Waals surface area contributed by atoms with E-state index < -0.39 is 101 Å². The molecule has 0 spiro atoms. The van der Waals surface area contributed by atoms with Crippen molar-refractivity contribution in [3.63, 3.8) is 0 Å². The molecule has 0 bridgehead atoms. The van der Waals surface area contributed by atoms with Crippen LogP contribution in [0.15, 0.2) is 24.3 Å². The first kappa shape index (κ1) is 31.0. The van der Waals surface area contributed by atoms with E-state index in [0.717, 1.165) is 13.0 Å². The van der Waals surface area contributed by atoms with E-state index in [4.69, 9.17) is 23.5 Å². The van der Waals surface area contributed by atoms with Crippen LogP contribution in [0.2, 0.25) is 0 Å². The number of hydrogen-bond acceptors (Lipinski definition) is 15. The second kappa shape index (κ2) is 12.7. The topological polar surface area (TPSA) is 274 Å². The summed E-state index contributed by atoms with van der Waals surface area (Å²) in [5.41, 5.74) is -0.475. The lowest BCUT2D eigenvalue weighted by Crippen LogP contribution is -2.68. The molecular weight excluding hydrogens is 556 g/mol. The van der Waals surface area contributed by atoms with Crippen molar-refractivity contribution in [2.75, 3.05) is 13.2 Å². The number of nitrogens with one attached hydrogen (secondary N) is 1. The van der Waals surface area contributed by atoms with Crippen LogP contribution in [-0.2, 0) is 33.6 Å². The summed E-state index contributed by atoms with van der Waals surface area (Å²) < 4.78 is 56.9. The fourth-order valence-corrected chi connectivity index (χ4v) is 4.33. The van der Waals surface area contributed by atoms with Crippen LogP contribution in [0.4, 0.5) is 5.69 Å². The van der Waals surface area contributed by atoms with Crippen molar-refractivity contribution in [2.45, 2.75) is 68.3 Å². The zero-order chi connectivity index (χ0) is 29.1. The lowest BCUT2D eigenvalue weighted by molar-refractivity contribution is -0.387. The standard InChI is InChI=1S/C20H28N2O16S/c1-8(24)21-13-18(38-20-17(28)16(27)14(25)12(37-20)7-34-39(31,32)33)15(26)11(6-23)36-19(13)35-10-5-3-2-4-9(10)22(29)30/h2-5,11-20,23,25-28H,6-7H2,1H3,(H,21,24)(H,31,32,33). The van der Waals surface area contributed by atoms with Crippen LogP contribution in [-0.4, -0.2) is 124 Å². The molecule has 2 fully saturated rings. The SMILES string of the molecule is CC(=O)NC1C(Oc2ccccc2[N+](=O)[O-])OC(CO)C(O)C1OC1OC(COS(=O)(=O)O)C(O)C(O)C1O. The Kier molecular flexibility index (Phi) is 10.1. The number of nitrogens with zero attached hydrogens (tertiary/aromatic N) is 1. The van der Waals surface area contributed by atoms with Crippen LogP contribution >= 0.6 is 0 Å². The molecule has 1 amide bonds. The molecule has 10 atom stereocenters. The van der Waals surface area contributed by atoms with Gasteiger partial charge in [-0.15, -0.1) is 0 Å². The molecule has 0 saturated carbocycles. The van der Waals surface area contributed by atoms with E-state index in [1.165, 1.54) is 18.2 Å². The van der Waals surface area contributed by atoms with Gasteiger partial charge in [0.2, 0.25) is 12.2 Å². The van der Waals surface area contributed by atoms with E-state index in [1.54, 1.807) is 0 Å². The summed E-state index contributed by atoms with van der Waals surface area (Å²) in [6, 6.07) is 3.66. The van der Waals surface area contributed by atoms with Crippen LogP contribution in [0.5, 0.6) is 5.75 Å². The minimum Gasteiger partial charge on any atom is -0.455 e. The summed E-state index contributed by atoms with van der Waals surface area (Å²) in [6.45, 7) is -0.763. The van der Waals surface area contributed by atoms with Gasteiger partial charge in [-0.2, -0.15) is 8.42 Å². The first-order chi connectivity index (χ1) is 18.2. The third kappa shape index (κ3) is 7.55. The van der Waals surface area contributed by atoms with Crippen LogP contribution in [0.3, 0.4) is 0 Å². The lowest BCUT2D eigenvalue weighted by atomic mass is 9.95. The van der Waals surface area contributed by atoms with E-state index in [1.807, 2.05) is 0 Å². The van der Waals surface area contributed by atoms with Gasteiger partial charge in [0, 0.05) is 13.0 Å². The van der Waals surface area contributed by atoms with Gasteiger partial charge in [-0.05, 0) is 6.07 Å². The Balaban J connectivity index is 1.92. The molecule has 2 aliphatic rings. The minimum absolute atomic E-state index is 0.301. The van der Waals surface area contributed by atoms with Crippen LogP contribution in [0.1, 0.15) is 6.92 Å². The number of ether oxygens (including phenoxy) is 4. The monoisotopic (exact) mass is 584 g/mol. The Labute approximate surface area is 220 Å². The Morgan fingerprint density at radius 2 is 1.69 bits per heavy atom. The molecule has 1 aromatic carbocycles. The molecule has 3 rings (SSSR count). The largest absolute Gasteiger partial charge is 0.455 e. The average Bonchev–Trinajstić information content (AvgIpc) is 2.86. The summed E-state index contributed by atoms with van der Waals surface area (Å²) in [5, 5.41) is 65.2. The molecule has 0 aliphatic carbocycles. The quantitative estimate of drug-likeness (QED) is 0.0800. The number of hydrogen-bond donors (Lipinski definition) is 7. The molecule has 19 heteroatoms. The summed E-state index contributed by atoms with van der Waals surface area (Å²) >= 11 is 0. The Morgan fingerprint density at radius 1 is 1.05 bits per heavy atom. The summed E-state index contributed by atoms with van der Waals surface area (Å²) in [5.74, 6) is -1.01. The Hall–Kier alpha value is -2.56. The van der Waals surface area contributed by atoms with E-state index in [-0.39, 0.29) is 5.75 Å². The van der Waals surface area contributed by atoms with Crippen LogP contribution in [0.25, 0.3) is 0 Å². The number of para-hydroxylation sites is 2. The summed E-state index contributed by atoms with van der Waals surface area (Å²) in [6.07, 6.45) is -16.0. The number of carbonyl (C=O) groups is 1. The number of aliphatic hydroxyl groups is 5. The average molecular weight is 585 g/mol. The van der Waals surface area contributed by atoms with Gasteiger partial charge in [-0.1, -0.05) is 12.1 Å². The number of benzene rings is 1. The minimum atomic E-state index is -4.98. The van der Waals surface area contributed by atoms with Gasteiger partial charge in [-0.3, -0.25) is 19.5 Å². The highest BCUT2D eigenvalue weighted by Crippen LogP contribution is 2.33. The molecular formula is C20H28N2O16S. The maximum Gasteiger partial charge on any atom is 0.397 e. The molecule has 1 aromatic rings. The maximum atomic E-state index is 12.0. The normalized spacial score (nSPS) is 35.3. The highest BCUT2D eigenvalue weighted by Gasteiger charge is 2.52. The van der Waals surface area contributed by atoms with Gasteiger partial charge >= 0.3 is 16.1 Å². The van der Waals surface area contributed by atoms with Gasteiger partial charge in [0.15, 0.2) is 12.0 Å². The molecule has 2 saturated heterocycles. The number of nitro benzene ring substituents is 1. The van der Waals surface area contributed by atoms with E-state index >= 15 is 0 Å². The third-order valence-corrected chi connectivity index (χ3v) is 6.30. The highest BCUT2D eigenvalue weighted by atomic mass is 32.3. The van der Waals surface area contributed by atoms with Crippen molar-refractivity contribution in [2.24, 2.45) is 0 Å². The first-order valence-corrected chi connectivity index (χ1v) is 12.7. The highest BCUT2D eigenvalue weighted by molar-refractivity contribution is 7.80. The zero-order valence-corrected chi connectivity index (χ0v) is 20.9. The van der Waals surface area contributed by atoms with Crippen LogP contribution < -0.4 is 10.1 Å². The molecule has 2 heterocycles. The van der Waals surface area contributed by atoms with Crippen molar-refractivity contribution in [1.82, 2.24) is 5.32 Å². The summed E-state index contributed by atoms with van der Waals surface area (Å²) in [4.78, 5) is 22.7. The molecule has 39 heavy (non-hydrogen) atoms. The van der Waals surface area contributed by atoms with Crippen molar-refractivity contribution in [3.05, 3.63) is 34.4 Å². The number of carbonyl (C=O) groups excluding carboxylic acids is 1. The first-order valence-electron chi connectivity index (χ1n) is 11.3. The fourth-order valence-electron chi connectivity index (χ4n) is 4.03. The zero-order valence-electron chi connectivity index (χ0n) is 20.1. The number of aliphatic hydroxyl groups excluding tert-OH is 5. The third-order valence-electron chi connectivity index (χ3n) is 5.87. The van der Waals surface area contributed by atoms with Gasteiger partial charge in [0.1, 0.15) is 48.8 Å². The van der Waals surface area contributed by atoms with Gasteiger partial charge in [-0.25, -0.2) is 4.18 Å². The van der Waals surface area contributed by atoms with Gasteiger partial charge < -0.3 is 49.8 Å². The van der Waals surface area contributed by atoms with Gasteiger partial charge in [0.05, 0.1) is 18.1 Å². The second-order valence-electron chi connectivity index (χ2n) is 8.61. The molecule has 2 aliphatic heterocycles. The van der Waals surface area contributed by atoms with Crippen LogP contribution in [0, 0.1) is 10.1 Å². The van der Waals surface area contributed by atoms with Crippen molar-refractivity contribution >= 4 is 22.0 Å². The smallest absolute Gasteiger partial charge is 0.397 e. The predicted molar refractivity (Wildman–Crippen MR) is 122 cm³/mol. The van der Waals surface area contributed by atoms with Crippen molar-refractivity contribution in [3.8, 4) is 5.75 Å². The number of amides is 1. The Bertz CT molecular complexity index is 1120. The maximum absolute atomic E-state index is 12.0. The number of rotatable bonds is 10. The lowest BCUT2D eigenvalue weighted by Gasteiger charge is -2.47. The molecule has 0 aromatic heterocycles. The molecule has 18 nitrogen and oxygen atoms in total. The van der Waals surface area contributed by atoms with Crippen molar-refractivity contribution in [1.29, 1.82) is 0 Å². The van der Waals surface area contributed by atoms with E-state index in [2.05, 4.69) is 9.50 Å². The Morgan fingerprint density at radius 3 is 2.28 bits per heavy atom. The van der Waals surface area contributed by atoms with Gasteiger partial charge in [0.25, 0.3) is 0 Å². The van der Waals surface area contributed by atoms with E-state index in [0.29, 0.717) is 0 Å². The molecule has 10 unspecified atom stereocenters. The molecule has 0 radical (unpaired) electrons. The number of nitro groups is 1. The summed E-state index contributed by atoms with van der Waals surface area (Å²) in [7, 11) is -4.98. The fraction of sp³-hybridized carbons (Fsp3) is 0.650. The predicted octanol–water partition coefficient (Wildman–Crippen LogP) is -3.43. The molecule has 7 N–H and O–H groups in total.